The maximum Gasteiger partial charge on any atom is 0.129 e. The van der Waals surface area contributed by atoms with Gasteiger partial charge in [0.15, 0.2) is 0 Å². The molecule has 0 aromatic heterocycles. The van der Waals surface area contributed by atoms with E-state index in [4.69, 9.17) is 4.74 Å². The number of hydrogen-bond acceptors (Lipinski definition) is 2. The molecule has 0 spiro atoms. The second kappa shape index (κ2) is 4.52. The van der Waals surface area contributed by atoms with Crippen molar-refractivity contribution < 1.29 is 9.84 Å². The number of aryl methyl sites for hydroxylation is 1. The summed E-state index contributed by atoms with van der Waals surface area (Å²) in [7, 11) is 1.65. The molecular weight excluding hydrogens is 224 g/mol. The van der Waals surface area contributed by atoms with E-state index >= 15 is 0 Å². The predicted molar refractivity (Wildman–Crippen MR) is 74.2 cm³/mol. The Balaban J connectivity index is 2.67. The zero-order valence-corrected chi connectivity index (χ0v) is 11.4. The van der Waals surface area contributed by atoms with Crippen LogP contribution in [0.15, 0.2) is 36.4 Å². The molecule has 0 heterocycles. The summed E-state index contributed by atoms with van der Waals surface area (Å²) in [5.74, 6) is 1.39. The van der Waals surface area contributed by atoms with Gasteiger partial charge in [0.25, 0.3) is 0 Å². The first kappa shape index (κ1) is 12.7. The van der Waals surface area contributed by atoms with Gasteiger partial charge in [0.2, 0.25) is 0 Å². The number of phenols is 1. The van der Waals surface area contributed by atoms with Crippen molar-refractivity contribution in [3.8, 4) is 11.5 Å². The minimum Gasteiger partial charge on any atom is -0.507 e. The maximum absolute atomic E-state index is 10.2. The highest BCUT2D eigenvalue weighted by atomic mass is 16.5. The van der Waals surface area contributed by atoms with E-state index in [1.165, 1.54) is 0 Å². The highest BCUT2D eigenvalue weighted by Gasteiger charge is 2.36. The van der Waals surface area contributed by atoms with Gasteiger partial charge < -0.3 is 9.84 Å². The Labute approximate surface area is 109 Å². The van der Waals surface area contributed by atoms with Crippen molar-refractivity contribution in [2.75, 3.05) is 7.11 Å². The van der Waals surface area contributed by atoms with Crippen LogP contribution in [0.25, 0.3) is 0 Å². The van der Waals surface area contributed by atoms with Crippen LogP contribution in [0.3, 0.4) is 0 Å². The minimum atomic E-state index is -0.240. The molecule has 1 aromatic rings. The summed E-state index contributed by atoms with van der Waals surface area (Å²) in [5.41, 5.74) is 1.68. The Kier molecular flexibility index (Phi) is 3.20. The minimum absolute atomic E-state index is 0.240. The molecule has 2 heteroatoms. The second-order valence-electron chi connectivity index (χ2n) is 5.13. The molecule has 1 aliphatic rings. The molecule has 2 unspecified atom stereocenters. The van der Waals surface area contributed by atoms with Crippen molar-refractivity contribution in [1.29, 1.82) is 0 Å². The zero-order chi connectivity index (χ0) is 13.3. The number of methoxy groups -OCH3 is 1. The summed E-state index contributed by atoms with van der Waals surface area (Å²) in [6.45, 7) is 6.29. The Bertz CT molecular complexity index is 514. The van der Waals surface area contributed by atoms with E-state index in [0.717, 1.165) is 16.9 Å². The Morgan fingerprint density at radius 1 is 1.28 bits per heavy atom. The van der Waals surface area contributed by atoms with Gasteiger partial charge in [0.1, 0.15) is 11.5 Å². The largest absolute Gasteiger partial charge is 0.507 e. The molecule has 18 heavy (non-hydrogen) atoms. The molecule has 0 bridgehead atoms. The first-order valence-electron chi connectivity index (χ1n) is 6.23. The van der Waals surface area contributed by atoms with Gasteiger partial charge in [0, 0.05) is 11.0 Å². The number of allylic oxidation sites excluding steroid dienone is 4. The molecule has 0 fully saturated rings. The SMILES string of the molecule is COc1c(C)ccc(O)c1C1(C)C=CC=CC1C. The highest BCUT2D eigenvalue weighted by Crippen LogP contribution is 2.46. The normalized spacial score (nSPS) is 26.3. The van der Waals surface area contributed by atoms with Crippen LogP contribution < -0.4 is 4.74 Å². The van der Waals surface area contributed by atoms with E-state index in [0.29, 0.717) is 11.7 Å². The van der Waals surface area contributed by atoms with Gasteiger partial charge in [-0.1, -0.05) is 44.2 Å². The summed E-state index contributed by atoms with van der Waals surface area (Å²) in [5, 5.41) is 10.2. The summed E-state index contributed by atoms with van der Waals surface area (Å²) in [6, 6.07) is 3.63. The van der Waals surface area contributed by atoms with E-state index in [-0.39, 0.29) is 5.41 Å². The van der Waals surface area contributed by atoms with E-state index in [2.05, 4.69) is 26.0 Å². The fourth-order valence-corrected chi connectivity index (χ4v) is 2.61. The Hall–Kier alpha value is -1.70. The van der Waals surface area contributed by atoms with Crippen LogP contribution in [0.4, 0.5) is 0 Å². The average molecular weight is 244 g/mol. The summed E-state index contributed by atoms with van der Waals surface area (Å²) in [6.07, 6.45) is 8.36. The molecule has 2 rings (SSSR count). The monoisotopic (exact) mass is 244 g/mol. The standard InChI is InChI=1S/C16H20O2/c1-11-8-9-13(17)14(15(11)18-4)16(3)10-6-5-7-12(16)2/h5-10,12,17H,1-4H3. The number of aromatic hydroxyl groups is 1. The lowest BCUT2D eigenvalue weighted by Crippen LogP contribution is -2.29. The van der Waals surface area contributed by atoms with Crippen LogP contribution in [0.1, 0.15) is 25.0 Å². The first-order valence-corrected chi connectivity index (χ1v) is 6.23. The van der Waals surface area contributed by atoms with Crippen molar-refractivity contribution in [3.63, 3.8) is 0 Å². The summed E-state index contributed by atoms with van der Waals surface area (Å²) < 4.78 is 5.51. The van der Waals surface area contributed by atoms with Crippen molar-refractivity contribution in [1.82, 2.24) is 0 Å². The quantitative estimate of drug-likeness (QED) is 0.859. The lowest BCUT2D eigenvalue weighted by molar-refractivity contribution is 0.360. The highest BCUT2D eigenvalue weighted by molar-refractivity contribution is 5.56. The average Bonchev–Trinajstić information content (AvgIpc) is 2.35. The van der Waals surface area contributed by atoms with E-state index in [9.17, 15) is 5.11 Å². The van der Waals surface area contributed by atoms with Gasteiger partial charge in [-0.3, -0.25) is 0 Å². The molecule has 0 radical (unpaired) electrons. The van der Waals surface area contributed by atoms with Gasteiger partial charge in [-0.2, -0.15) is 0 Å². The van der Waals surface area contributed by atoms with Gasteiger partial charge in [0.05, 0.1) is 7.11 Å². The lowest BCUT2D eigenvalue weighted by Gasteiger charge is -2.35. The molecule has 2 atom stereocenters. The third-order valence-corrected chi connectivity index (χ3v) is 3.97. The maximum atomic E-state index is 10.2. The molecule has 96 valence electrons. The number of hydrogen-bond donors (Lipinski definition) is 1. The molecule has 1 aromatic carbocycles. The molecule has 2 nitrogen and oxygen atoms in total. The molecule has 1 aliphatic carbocycles. The predicted octanol–water partition coefficient (Wildman–Crippen LogP) is 3.73. The number of rotatable bonds is 2. The first-order chi connectivity index (χ1) is 8.50. The number of phenolic OH excluding ortho intramolecular Hbond substituents is 1. The van der Waals surface area contributed by atoms with Crippen LogP contribution in [0, 0.1) is 12.8 Å². The number of ether oxygens (including phenoxy) is 1. The van der Waals surface area contributed by atoms with Crippen LogP contribution >= 0.6 is 0 Å². The van der Waals surface area contributed by atoms with Crippen LogP contribution in [-0.4, -0.2) is 12.2 Å². The molecule has 1 N–H and O–H groups in total. The Morgan fingerprint density at radius 2 is 2.00 bits per heavy atom. The van der Waals surface area contributed by atoms with Gasteiger partial charge in [-0.25, -0.2) is 0 Å². The topological polar surface area (TPSA) is 29.5 Å². The molecule has 0 saturated heterocycles. The van der Waals surface area contributed by atoms with E-state index in [1.54, 1.807) is 13.2 Å². The Morgan fingerprint density at radius 3 is 2.61 bits per heavy atom. The third-order valence-electron chi connectivity index (χ3n) is 3.97. The van der Waals surface area contributed by atoms with Crippen LogP contribution in [0.5, 0.6) is 11.5 Å². The summed E-state index contributed by atoms with van der Waals surface area (Å²) >= 11 is 0. The van der Waals surface area contributed by atoms with Crippen molar-refractivity contribution in [2.24, 2.45) is 5.92 Å². The number of benzene rings is 1. The van der Waals surface area contributed by atoms with Crippen molar-refractivity contribution >= 4 is 0 Å². The third kappa shape index (κ3) is 1.82. The lowest BCUT2D eigenvalue weighted by atomic mass is 9.69. The van der Waals surface area contributed by atoms with E-state index in [1.807, 2.05) is 25.1 Å². The fraction of sp³-hybridized carbons (Fsp3) is 0.375. The van der Waals surface area contributed by atoms with Crippen molar-refractivity contribution in [2.45, 2.75) is 26.2 Å². The second-order valence-corrected chi connectivity index (χ2v) is 5.13. The molecular formula is C16H20O2. The van der Waals surface area contributed by atoms with Crippen LogP contribution in [0.2, 0.25) is 0 Å². The molecule has 0 aliphatic heterocycles. The van der Waals surface area contributed by atoms with Gasteiger partial charge >= 0.3 is 0 Å². The van der Waals surface area contributed by atoms with Gasteiger partial charge in [-0.05, 0) is 24.5 Å². The van der Waals surface area contributed by atoms with Crippen molar-refractivity contribution in [3.05, 3.63) is 47.6 Å². The molecule has 0 amide bonds. The summed E-state index contributed by atoms with van der Waals surface area (Å²) in [4.78, 5) is 0. The van der Waals surface area contributed by atoms with Crippen LogP contribution in [-0.2, 0) is 5.41 Å². The molecule has 0 saturated carbocycles. The van der Waals surface area contributed by atoms with Gasteiger partial charge in [-0.15, -0.1) is 0 Å². The smallest absolute Gasteiger partial charge is 0.129 e. The van der Waals surface area contributed by atoms with E-state index < -0.39 is 0 Å². The fourth-order valence-electron chi connectivity index (χ4n) is 2.61. The zero-order valence-electron chi connectivity index (χ0n) is 11.4.